The van der Waals surface area contributed by atoms with Crippen LogP contribution in [0.1, 0.15) is 12.8 Å². The number of aromatic nitrogens is 2. The Morgan fingerprint density at radius 3 is 2.72 bits per heavy atom. The summed E-state index contributed by atoms with van der Waals surface area (Å²) < 4.78 is 10.4. The molecule has 2 aromatic rings. The molecular weight excluding hydrogens is 457 g/mol. The summed E-state index contributed by atoms with van der Waals surface area (Å²) in [5, 5.41) is 11.1. The first-order chi connectivity index (χ1) is 11.6. The predicted octanol–water partition coefficient (Wildman–Crippen LogP) is 2.75. The third-order valence-electron chi connectivity index (χ3n) is 3.23. The molecule has 0 aliphatic rings. The van der Waals surface area contributed by atoms with Crippen LogP contribution in [0.25, 0.3) is 11.4 Å². The van der Waals surface area contributed by atoms with Crippen molar-refractivity contribution in [2.75, 3.05) is 27.3 Å². The Kier molecular flexibility index (Phi) is 9.76. The van der Waals surface area contributed by atoms with Crippen LogP contribution in [-0.4, -0.2) is 49.5 Å². The lowest BCUT2D eigenvalue weighted by Gasteiger charge is -2.16. The molecule has 1 heterocycles. The number of hydrogen-bond donors (Lipinski definition) is 2. The molecule has 1 aromatic heterocycles. The molecule has 25 heavy (non-hydrogen) atoms. The van der Waals surface area contributed by atoms with Gasteiger partial charge in [0.15, 0.2) is 5.96 Å². The van der Waals surface area contributed by atoms with Crippen LogP contribution >= 0.6 is 35.6 Å². The van der Waals surface area contributed by atoms with Gasteiger partial charge >= 0.3 is 0 Å². The van der Waals surface area contributed by atoms with Gasteiger partial charge in [0.1, 0.15) is 0 Å². The summed E-state index contributed by atoms with van der Waals surface area (Å²) in [6.45, 7) is 3.25. The minimum absolute atomic E-state index is 0. The van der Waals surface area contributed by atoms with Gasteiger partial charge < -0.3 is 19.9 Å². The van der Waals surface area contributed by atoms with E-state index in [1.165, 1.54) is 0 Å². The molecule has 2 N–H and O–H groups in total. The number of rotatable bonds is 7. The average Bonchev–Trinajstić information content (AvgIpc) is 3.03. The Bertz CT molecular complexity index is 663. The molecule has 1 atom stereocenters. The van der Waals surface area contributed by atoms with E-state index in [9.17, 15) is 0 Å². The standard InChI is InChI=1S/C16H22ClN5O2.HI/c1-11(10-23-3)20-16(18-2)19-9-8-14-21-15(22-24-14)12-4-6-13(17)7-5-12;/h4-7,11H,8-10H2,1-3H3,(H2,18,19,20);1H. The Balaban J connectivity index is 0.00000312. The van der Waals surface area contributed by atoms with Crippen molar-refractivity contribution in [1.29, 1.82) is 0 Å². The lowest BCUT2D eigenvalue weighted by molar-refractivity contribution is 0.179. The lowest BCUT2D eigenvalue weighted by Crippen LogP contribution is -2.44. The van der Waals surface area contributed by atoms with E-state index >= 15 is 0 Å². The quantitative estimate of drug-likeness (QED) is 0.361. The zero-order chi connectivity index (χ0) is 17.4. The summed E-state index contributed by atoms with van der Waals surface area (Å²) >= 11 is 5.87. The van der Waals surface area contributed by atoms with E-state index in [0.717, 1.165) is 5.56 Å². The summed E-state index contributed by atoms with van der Waals surface area (Å²) in [6.07, 6.45) is 0.597. The van der Waals surface area contributed by atoms with E-state index in [4.69, 9.17) is 20.9 Å². The summed E-state index contributed by atoms with van der Waals surface area (Å²) in [7, 11) is 3.39. The molecule has 0 bridgehead atoms. The van der Waals surface area contributed by atoms with E-state index in [-0.39, 0.29) is 30.0 Å². The van der Waals surface area contributed by atoms with Gasteiger partial charge in [0.05, 0.1) is 6.61 Å². The molecule has 0 saturated carbocycles. The molecule has 0 saturated heterocycles. The fraction of sp³-hybridized carbons (Fsp3) is 0.438. The van der Waals surface area contributed by atoms with Crippen molar-refractivity contribution in [2.45, 2.75) is 19.4 Å². The Labute approximate surface area is 169 Å². The van der Waals surface area contributed by atoms with E-state index in [1.807, 2.05) is 19.1 Å². The van der Waals surface area contributed by atoms with E-state index < -0.39 is 0 Å². The van der Waals surface area contributed by atoms with Gasteiger partial charge in [-0.3, -0.25) is 4.99 Å². The van der Waals surface area contributed by atoms with Gasteiger partial charge in [0.25, 0.3) is 0 Å². The highest BCUT2D eigenvalue weighted by molar-refractivity contribution is 14.0. The second-order valence-electron chi connectivity index (χ2n) is 5.27. The number of methoxy groups -OCH3 is 1. The molecule has 0 amide bonds. The van der Waals surface area contributed by atoms with Crippen LogP contribution in [-0.2, 0) is 11.2 Å². The first-order valence-corrected chi connectivity index (χ1v) is 8.04. The van der Waals surface area contributed by atoms with Gasteiger partial charge in [-0.2, -0.15) is 4.98 Å². The van der Waals surface area contributed by atoms with Gasteiger partial charge in [-0.15, -0.1) is 24.0 Å². The number of hydrogen-bond acceptors (Lipinski definition) is 5. The zero-order valence-electron chi connectivity index (χ0n) is 14.5. The largest absolute Gasteiger partial charge is 0.383 e. The third-order valence-corrected chi connectivity index (χ3v) is 3.48. The minimum Gasteiger partial charge on any atom is -0.383 e. The molecular formula is C16H23ClIN5O2. The van der Waals surface area contributed by atoms with Crippen LogP contribution < -0.4 is 10.6 Å². The van der Waals surface area contributed by atoms with Crippen molar-refractivity contribution in [1.82, 2.24) is 20.8 Å². The Morgan fingerprint density at radius 2 is 2.08 bits per heavy atom. The lowest BCUT2D eigenvalue weighted by atomic mass is 10.2. The van der Waals surface area contributed by atoms with E-state index in [1.54, 1.807) is 26.3 Å². The summed E-state index contributed by atoms with van der Waals surface area (Å²) in [4.78, 5) is 8.54. The molecule has 7 nitrogen and oxygen atoms in total. The first kappa shape index (κ1) is 21.7. The summed E-state index contributed by atoms with van der Waals surface area (Å²) in [5.74, 6) is 1.82. The number of guanidine groups is 1. The molecule has 1 unspecified atom stereocenters. The van der Waals surface area contributed by atoms with Crippen LogP contribution in [0.2, 0.25) is 5.02 Å². The van der Waals surface area contributed by atoms with E-state index in [0.29, 0.717) is 42.3 Å². The molecule has 1 aromatic carbocycles. The second kappa shape index (κ2) is 11.3. The summed E-state index contributed by atoms with van der Waals surface area (Å²) in [5.41, 5.74) is 0.869. The summed E-state index contributed by atoms with van der Waals surface area (Å²) in [6, 6.07) is 7.48. The fourth-order valence-corrected chi connectivity index (χ4v) is 2.21. The Morgan fingerprint density at radius 1 is 1.36 bits per heavy atom. The molecule has 0 aliphatic carbocycles. The van der Waals surface area contributed by atoms with Gasteiger partial charge in [0, 0.05) is 43.8 Å². The van der Waals surface area contributed by atoms with Gasteiger partial charge in [0.2, 0.25) is 11.7 Å². The maximum atomic E-state index is 5.87. The van der Waals surface area contributed by atoms with Crippen molar-refractivity contribution >= 4 is 41.5 Å². The van der Waals surface area contributed by atoms with Gasteiger partial charge in [-0.05, 0) is 31.2 Å². The van der Waals surface area contributed by atoms with Crippen molar-refractivity contribution in [3.8, 4) is 11.4 Å². The molecule has 0 radical (unpaired) electrons. The van der Waals surface area contributed by atoms with Crippen LogP contribution in [0, 0.1) is 0 Å². The van der Waals surface area contributed by atoms with Crippen LogP contribution in [0.3, 0.4) is 0 Å². The van der Waals surface area contributed by atoms with Crippen molar-refractivity contribution in [3.05, 3.63) is 35.2 Å². The number of halogens is 2. The fourth-order valence-electron chi connectivity index (χ4n) is 2.08. The monoisotopic (exact) mass is 479 g/mol. The van der Waals surface area contributed by atoms with Crippen LogP contribution in [0.4, 0.5) is 0 Å². The number of aliphatic imine (C=N–C) groups is 1. The molecule has 9 heteroatoms. The van der Waals surface area contributed by atoms with Crippen LogP contribution in [0.15, 0.2) is 33.8 Å². The maximum absolute atomic E-state index is 5.87. The predicted molar refractivity (Wildman–Crippen MR) is 110 cm³/mol. The van der Waals surface area contributed by atoms with Crippen molar-refractivity contribution < 1.29 is 9.26 Å². The zero-order valence-corrected chi connectivity index (χ0v) is 17.5. The number of nitrogens with one attached hydrogen (secondary N) is 2. The highest BCUT2D eigenvalue weighted by Crippen LogP contribution is 2.18. The minimum atomic E-state index is 0. The maximum Gasteiger partial charge on any atom is 0.228 e. The molecule has 0 aliphatic heterocycles. The van der Waals surface area contributed by atoms with Crippen LogP contribution in [0.5, 0.6) is 0 Å². The SMILES string of the molecule is CN=C(NCCc1nc(-c2ccc(Cl)cc2)no1)NC(C)COC.I. The average molecular weight is 480 g/mol. The number of nitrogens with zero attached hydrogens (tertiary/aromatic N) is 3. The second-order valence-corrected chi connectivity index (χ2v) is 5.70. The topological polar surface area (TPSA) is 84.6 Å². The van der Waals surface area contributed by atoms with E-state index in [2.05, 4.69) is 25.8 Å². The third kappa shape index (κ3) is 7.17. The van der Waals surface area contributed by atoms with Crippen molar-refractivity contribution in [2.24, 2.45) is 4.99 Å². The Hall–Kier alpha value is -1.39. The van der Waals surface area contributed by atoms with Crippen molar-refractivity contribution in [3.63, 3.8) is 0 Å². The van der Waals surface area contributed by atoms with Gasteiger partial charge in [-0.25, -0.2) is 0 Å². The normalized spacial score (nSPS) is 12.4. The van der Waals surface area contributed by atoms with Gasteiger partial charge in [-0.1, -0.05) is 16.8 Å². The number of benzene rings is 1. The highest BCUT2D eigenvalue weighted by atomic mass is 127. The molecule has 0 spiro atoms. The molecule has 0 fully saturated rings. The molecule has 138 valence electrons. The number of ether oxygens (including phenoxy) is 1. The molecule has 2 rings (SSSR count). The smallest absolute Gasteiger partial charge is 0.228 e. The highest BCUT2D eigenvalue weighted by Gasteiger charge is 2.09. The first-order valence-electron chi connectivity index (χ1n) is 7.67.